The van der Waals surface area contributed by atoms with Gasteiger partial charge < -0.3 is 4.42 Å². The Morgan fingerprint density at radius 2 is 2.04 bits per heavy atom. The molecule has 1 aliphatic heterocycles. The van der Waals surface area contributed by atoms with Crippen LogP contribution in [0, 0.1) is 0 Å². The van der Waals surface area contributed by atoms with Crippen molar-refractivity contribution < 1.29 is 9.21 Å². The van der Waals surface area contributed by atoms with Gasteiger partial charge in [-0.05, 0) is 37.6 Å². The number of thioether (sulfide) groups is 1. The molecule has 0 spiro atoms. The first-order valence-corrected chi connectivity index (χ1v) is 8.30. The van der Waals surface area contributed by atoms with Crippen LogP contribution in [0.3, 0.4) is 0 Å². The second-order valence-corrected chi connectivity index (χ2v) is 6.24. The number of hydrogen-bond donors (Lipinski definition) is 0. The van der Waals surface area contributed by atoms with Crippen molar-refractivity contribution in [2.45, 2.75) is 25.5 Å². The molecule has 0 N–H and O–H groups in total. The van der Waals surface area contributed by atoms with Crippen LogP contribution in [0.2, 0.25) is 0 Å². The summed E-state index contributed by atoms with van der Waals surface area (Å²) in [6.45, 7) is 3.83. The average molecular weight is 327 g/mol. The number of carbonyl (C=O) groups is 1. The predicted molar refractivity (Wildman–Crippen MR) is 94.0 cm³/mol. The van der Waals surface area contributed by atoms with E-state index < -0.39 is 0 Å². The molecule has 6 heteroatoms. The van der Waals surface area contributed by atoms with Crippen LogP contribution in [0.5, 0.6) is 0 Å². The molecule has 1 saturated heterocycles. The van der Waals surface area contributed by atoms with Gasteiger partial charge in [-0.2, -0.15) is 0 Å². The first kappa shape index (κ1) is 15.6. The summed E-state index contributed by atoms with van der Waals surface area (Å²) in [5, 5.41) is 9.00. The second kappa shape index (κ2) is 6.83. The Bertz CT molecular complexity index is 738. The van der Waals surface area contributed by atoms with E-state index in [0.717, 1.165) is 12.1 Å². The summed E-state index contributed by atoms with van der Waals surface area (Å²) in [6, 6.07) is 13.2. The van der Waals surface area contributed by atoms with E-state index in [1.807, 2.05) is 50.2 Å². The highest BCUT2D eigenvalue weighted by molar-refractivity contribution is 8.16. The highest BCUT2D eigenvalue weighted by Gasteiger charge is 2.38. The molecule has 1 unspecified atom stereocenters. The zero-order valence-corrected chi connectivity index (χ0v) is 13.8. The molecule has 1 aliphatic rings. The van der Waals surface area contributed by atoms with E-state index in [4.69, 9.17) is 4.42 Å². The van der Waals surface area contributed by atoms with Crippen molar-refractivity contribution in [3.8, 4) is 0 Å². The molecule has 1 aromatic heterocycles. The highest BCUT2D eigenvalue weighted by atomic mass is 32.2. The Labute approximate surface area is 139 Å². The molecule has 2 aromatic rings. The number of amidine groups is 1. The molecule has 1 fully saturated rings. The van der Waals surface area contributed by atoms with Crippen LogP contribution in [0.15, 0.2) is 63.3 Å². The van der Waals surface area contributed by atoms with Crippen molar-refractivity contribution in [3.05, 3.63) is 54.5 Å². The summed E-state index contributed by atoms with van der Waals surface area (Å²) >= 11 is 1.45. The SMILES string of the molecule is CCC1S/C(=N\N=C(/C)c2ccco2)N(c2ccccc2)C1=O. The Hall–Kier alpha value is -2.34. The third-order valence-electron chi connectivity index (χ3n) is 3.48. The van der Waals surface area contributed by atoms with E-state index in [-0.39, 0.29) is 11.2 Å². The molecule has 5 nitrogen and oxygen atoms in total. The summed E-state index contributed by atoms with van der Waals surface area (Å²) in [7, 11) is 0. The maximum absolute atomic E-state index is 12.6. The Morgan fingerprint density at radius 3 is 2.70 bits per heavy atom. The molecule has 0 aliphatic carbocycles. The second-order valence-electron chi connectivity index (χ2n) is 5.07. The molecule has 118 valence electrons. The largest absolute Gasteiger partial charge is 0.463 e. The van der Waals surface area contributed by atoms with Gasteiger partial charge in [-0.25, -0.2) is 0 Å². The third-order valence-corrected chi connectivity index (χ3v) is 4.78. The van der Waals surface area contributed by atoms with E-state index >= 15 is 0 Å². The molecule has 3 rings (SSSR count). The lowest BCUT2D eigenvalue weighted by molar-refractivity contribution is -0.116. The number of rotatable bonds is 4. The number of anilines is 1. The lowest BCUT2D eigenvalue weighted by Crippen LogP contribution is -2.31. The van der Waals surface area contributed by atoms with Crippen molar-refractivity contribution in [2.24, 2.45) is 10.2 Å². The van der Waals surface area contributed by atoms with Crippen LogP contribution < -0.4 is 4.90 Å². The summed E-state index contributed by atoms with van der Waals surface area (Å²) in [6.07, 6.45) is 2.35. The van der Waals surface area contributed by atoms with Crippen LogP contribution in [0.25, 0.3) is 0 Å². The maximum Gasteiger partial charge on any atom is 0.246 e. The molecular formula is C17H17N3O2S. The first-order chi connectivity index (χ1) is 11.2. The Balaban J connectivity index is 1.94. The molecule has 2 heterocycles. The Kier molecular flexibility index (Phi) is 4.62. The van der Waals surface area contributed by atoms with E-state index in [0.29, 0.717) is 16.6 Å². The first-order valence-electron chi connectivity index (χ1n) is 7.42. The molecule has 0 bridgehead atoms. The van der Waals surface area contributed by atoms with Crippen LogP contribution in [0.1, 0.15) is 26.0 Å². The zero-order valence-electron chi connectivity index (χ0n) is 13.0. The van der Waals surface area contributed by atoms with E-state index in [1.165, 1.54) is 11.8 Å². The van der Waals surface area contributed by atoms with Crippen molar-refractivity contribution in [1.82, 2.24) is 0 Å². The molecule has 0 saturated carbocycles. The summed E-state index contributed by atoms with van der Waals surface area (Å²) in [5.74, 6) is 0.718. The minimum absolute atomic E-state index is 0.0494. The number of hydrogen-bond acceptors (Lipinski definition) is 5. The topological polar surface area (TPSA) is 58.2 Å². The minimum Gasteiger partial charge on any atom is -0.463 e. The van der Waals surface area contributed by atoms with Gasteiger partial charge in [-0.3, -0.25) is 9.69 Å². The van der Waals surface area contributed by atoms with Gasteiger partial charge in [0.05, 0.1) is 17.2 Å². The monoisotopic (exact) mass is 327 g/mol. The van der Waals surface area contributed by atoms with Gasteiger partial charge in [-0.15, -0.1) is 10.2 Å². The van der Waals surface area contributed by atoms with Crippen LogP contribution in [-0.4, -0.2) is 22.0 Å². The molecule has 0 radical (unpaired) electrons. The molecular weight excluding hydrogens is 310 g/mol. The lowest BCUT2D eigenvalue weighted by atomic mass is 10.2. The number of amides is 1. The fraction of sp³-hybridized carbons (Fsp3) is 0.235. The maximum atomic E-state index is 12.6. The van der Waals surface area contributed by atoms with Gasteiger partial charge in [0.2, 0.25) is 5.91 Å². The van der Waals surface area contributed by atoms with Gasteiger partial charge in [0, 0.05) is 0 Å². The van der Waals surface area contributed by atoms with Crippen molar-refractivity contribution in [2.75, 3.05) is 4.90 Å². The smallest absolute Gasteiger partial charge is 0.246 e. The van der Waals surface area contributed by atoms with Gasteiger partial charge in [0.25, 0.3) is 0 Å². The zero-order chi connectivity index (χ0) is 16.2. The normalized spacial score (nSPS) is 20.5. The molecule has 1 aromatic carbocycles. The van der Waals surface area contributed by atoms with Crippen molar-refractivity contribution in [3.63, 3.8) is 0 Å². The lowest BCUT2D eigenvalue weighted by Gasteiger charge is -2.15. The van der Waals surface area contributed by atoms with Crippen molar-refractivity contribution >= 4 is 34.2 Å². The number of furan rings is 1. The van der Waals surface area contributed by atoms with Crippen LogP contribution in [-0.2, 0) is 4.79 Å². The van der Waals surface area contributed by atoms with Gasteiger partial charge in [0.1, 0.15) is 11.5 Å². The molecule has 23 heavy (non-hydrogen) atoms. The number of carbonyl (C=O) groups excluding carboxylic acids is 1. The standard InChI is InChI=1S/C17H17N3O2S/c1-3-15-16(21)20(13-8-5-4-6-9-13)17(23-15)19-18-12(2)14-10-7-11-22-14/h4-11,15H,3H2,1-2H3/b18-12+,19-17-. The fourth-order valence-electron chi connectivity index (χ4n) is 2.26. The van der Waals surface area contributed by atoms with Gasteiger partial charge in [0.15, 0.2) is 5.17 Å². The minimum atomic E-state index is -0.118. The van der Waals surface area contributed by atoms with Gasteiger partial charge >= 0.3 is 0 Å². The van der Waals surface area contributed by atoms with E-state index in [2.05, 4.69) is 10.2 Å². The van der Waals surface area contributed by atoms with Crippen LogP contribution in [0.4, 0.5) is 5.69 Å². The van der Waals surface area contributed by atoms with Crippen molar-refractivity contribution in [1.29, 1.82) is 0 Å². The predicted octanol–water partition coefficient (Wildman–Crippen LogP) is 3.92. The van der Waals surface area contributed by atoms with Gasteiger partial charge in [-0.1, -0.05) is 36.9 Å². The summed E-state index contributed by atoms with van der Waals surface area (Å²) in [5.41, 5.74) is 1.48. The Morgan fingerprint density at radius 1 is 1.26 bits per heavy atom. The quantitative estimate of drug-likeness (QED) is 0.632. The average Bonchev–Trinajstić information content (AvgIpc) is 3.21. The molecule has 1 atom stereocenters. The number of benzene rings is 1. The third kappa shape index (κ3) is 3.22. The van der Waals surface area contributed by atoms with Crippen LogP contribution >= 0.6 is 11.8 Å². The van der Waals surface area contributed by atoms with E-state index in [1.54, 1.807) is 17.2 Å². The highest BCUT2D eigenvalue weighted by Crippen LogP contribution is 2.33. The van der Waals surface area contributed by atoms with E-state index in [9.17, 15) is 4.79 Å². The summed E-state index contributed by atoms with van der Waals surface area (Å²) < 4.78 is 5.30. The number of para-hydroxylation sites is 1. The summed E-state index contributed by atoms with van der Waals surface area (Å²) in [4.78, 5) is 14.2. The number of nitrogens with zero attached hydrogens (tertiary/aromatic N) is 3. The molecule has 1 amide bonds. The fourth-order valence-corrected chi connectivity index (χ4v) is 3.28.